The monoisotopic (exact) mass is 320 g/mol. The van der Waals surface area contributed by atoms with Gasteiger partial charge in [0.05, 0.1) is 25.0 Å². The van der Waals surface area contributed by atoms with E-state index < -0.39 is 11.6 Å². The lowest BCUT2D eigenvalue weighted by Gasteiger charge is -2.30. The van der Waals surface area contributed by atoms with Crippen LogP contribution in [0, 0.1) is 0 Å². The summed E-state index contributed by atoms with van der Waals surface area (Å²) in [6.07, 6.45) is 5.40. The molecule has 5 heteroatoms. The van der Waals surface area contributed by atoms with Crippen LogP contribution < -0.4 is 0 Å². The summed E-state index contributed by atoms with van der Waals surface area (Å²) in [5.41, 5.74) is 2.60. The Morgan fingerprint density at radius 2 is 2.08 bits per heavy atom. The van der Waals surface area contributed by atoms with Gasteiger partial charge in [0.15, 0.2) is 0 Å². The molecular formula is C19H16N2O3. The lowest BCUT2D eigenvalue weighted by atomic mass is 9.85. The topological polar surface area (TPSA) is 64.3 Å². The first-order chi connectivity index (χ1) is 11.7. The summed E-state index contributed by atoms with van der Waals surface area (Å²) in [7, 11) is 0. The fourth-order valence-electron chi connectivity index (χ4n) is 3.32. The SMILES string of the molecule is O=C(O)c1ccc2c(c1)COC2(Cn1ccnc1)c1ccccc1. The Morgan fingerprint density at radius 3 is 2.79 bits per heavy atom. The highest BCUT2D eigenvalue weighted by atomic mass is 16.5. The molecule has 1 aliphatic heterocycles. The van der Waals surface area contributed by atoms with E-state index in [9.17, 15) is 9.90 Å². The van der Waals surface area contributed by atoms with E-state index >= 15 is 0 Å². The van der Waals surface area contributed by atoms with Crippen LogP contribution in [0.15, 0.2) is 67.3 Å². The smallest absolute Gasteiger partial charge is 0.335 e. The Labute approximate surface area is 139 Å². The van der Waals surface area contributed by atoms with Gasteiger partial charge in [-0.15, -0.1) is 0 Å². The van der Waals surface area contributed by atoms with Gasteiger partial charge in [0.2, 0.25) is 0 Å². The number of carboxylic acid groups (broad SMARTS) is 1. The lowest BCUT2D eigenvalue weighted by Crippen LogP contribution is -2.32. The average molecular weight is 320 g/mol. The Hall–Kier alpha value is -2.92. The van der Waals surface area contributed by atoms with E-state index in [1.807, 2.05) is 47.2 Å². The zero-order chi connectivity index (χ0) is 16.6. The second-order valence-corrected chi connectivity index (χ2v) is 5.89. The molecule has 5 nitrogen and oxygen atoms in total. The number of hydrogen-bond acceptors (Lipinski definition) is 3. The second kappa shape index (κ2) is 5.62. The van der Waals surface area contributed by atoms with Crippen LogP contribution >= 0.6 is 0 Å². The number of ether oxygens (including phenoxy) is 1. The summed E-state index contributed by atoms with van der Waals surface area (Å²) < 4.78 is 8.24. The normalized spacial score (nSPS) is 19.2. The molecule has 1 N–H and O–H groups in total. The van der Waals surface area contributed by atoms with Crippen molar-refractivity contribution in [2.24, 2.45) is 0 Å². The number of carbonyl (C=O) groups is 1. The van der Waals surface area contributed by atoms with Gasteiger partial charge in [0, 0.05) is 12.4 Å². The Balaban J connectivity index is 1.86. The maximum Gasteiger partial charge on any atom is 0.335 e. The minimum absolute atomic E-state index is 0.281. The highest BCUT2D eigenvalue weighted by molar-refractivity contribution is 5.88. The van der Waals surface area contributed by atoms with E-state index in [4.69, 9.17) is 4.74 Å². The summed E-state index contributed by atoms with van der Waals surface area (Å²) in [5, 5.41) is 9.22. The van der Waals surface area contributed by atoms with Crippen LogP contribution in [0.5, 0.6) is 0 Å². The highest BCUT2D eigenvalue weighted by Gasteiger charge is 2.42. The van der Waals surface area contributed by atoms with E-state index in [1.165, 1.54) is 0 Å². The molecule has 1 unspecified atom stereocenters. The minimum atomic E-state index is -0.926. The first-order valence-electron chi connectivity index (χ1n) is 7.71. The summed E-state index contributed by atoms with van der Waals surface area (Å²) >= 11 is 0. The fraction of sp³-hybridized carbons (Fsp3) is 0.158. The summed E-state index contributed by atoms with van der Waals surface area (Å²) in [5.74, 6) is -0.926. The predicted octanol–water partition coefficient (Wildman–Crippen LogP) is 3.06. The van der Waals surface area contributed by atoms with Gasteiger partial charge >= 0.3 is 5.97 Å². The number of nitrogens with zero attached hydrogens (tertiary/aromatic N) is 2. The number of aromatic carboxylic acids is 1. The third-order valence-electron chi connectivity index (χ3n) is 4.47. The largest absolute Gasteiger partial charge is 0.478 e. The van der Waals surface area contributed by atoms with Crippen LogP contribution in [-0.4, -0.2) is 20.6 Å². The van der Waals surface area contributed by atoms with Crippen molar-refractivity contribution in [3.05, 3.63) is 89.5 Å². The first kappa shape index (κ1) is 14.7. The van der Waals surface area contributed by atoms with Gasteiger partial charge in [-0.1, -0.05) is 36.4 Å². The van der Waals surface area contributed by atoms with Crippen LogP contribution in [0.25, 0.3) is 0 Å². The van der Waals surface area contributed by atoms with Gasteiger partial charge in [-0.3, -0.25) is 0 Å². The number of rotatable bonds is 4. The van der Waals surface area contributed by atoms with Crippen molar-refractivity contribution in [3.8, 4) is 0 Å². The molecule has 0 saturated heterocycles. The van der Waals surface area contributed by atoms with E-state index in [2.05, 4.69) is 4.98 Å². The fourth-order valence-corrected chi connectivity index (χ4v) is 3.32. The number of hydrogen-bond donors (Lipinski definition) is 1. The Morgan fingerprint density at radius 1 is 1.25 bits per heavy atom. The van der Waals surface area contributed by atoms with Crippen LogP contribution in [0.3, 0.4) is 0 Å². The summed E-state index contributed by atoms with van der Waals surface area (Å²) in [4.78, 5) is 15.3. The second-order valence-electron chi connectivity index (χ2n) is 5.89. The molecule has 0 bridgehead atoms. The number of aromatic nitrogens is 2. The lowest BCUT2D eigenvalue weighted by molar-refractivity contribution is -0.0180. The molecule has 3 aromatic rings. The minimum Gasteiger partial charge on any atom is -0.478 e. The molecule has 0 fully saturated rings. The molecule has 1 aliphatic rings. The van der Waals surface area contributed by atoms with Gasteiger partial charge in [-0.05, 0) is 28.8 Å². The first-order valence-corrected chi connectivity index (χ1v) is 7.71. The molecule has 0 radical (unpaired) electrons. The number of carboxylic acids is 1. The van der Waals surface area contributed by atoms with Gasteiger partial charge < -0.3 is 14.4 Å². The molecule has 120 valence electrons. The van der Waals surface area contributed by atoms with Gasteiger partial charge in [0.1, 0.15) is 5.60 Å². The number of benzene rings is 2. The van der Waals surface area contributed by atoms with Crippen LogP contribution in [0.1, 0.15) is 27.0 Å². The highest BCUT2D eigenvalue weighted by Crippen LogP contribution is 2.43. The molecule has 24 heavy (non-hydrogen) atoms. The zero-order valence-electron chi connectivity index (χ0n) is 12.9. The van der Waals surface area contributed by atoms with Crippen molar-refractivity contribution < 1.29 is 14.6 Å². The third-order valence-corrected chi connectivity index (χ3v) is 4.47. The van der Waals surface area contributed by atoms with Crippen molar-refractivity contribution >= 4 is 5.97 Å². The molecule has 1 atom stereocenters. The van der Waals surface area contributed by atoms with E-state index in [-0.39, 0.29) is 5.56 Å². The summed E-state index contributed by atoms with van der Waals surface area (Å²) in [6.45, 7) is 0.969. The van der Waals surface area contributed by atoms with E-state index in [0.29, 0.717) is 13.2 Å². The van der Waals surface area contributed by atoms with Gasteiger partial charge in [0.25, 0.3) is 0 Å². The molecule has 1 aromatic heterocycles. The van der Waals surface area contributed by atoms with Crippen molar-refractivity contribution in [2.45, 2.75) is 18.8 Å². The maximum atomic E-state index is 11.2. The van der Waals surface area contributed by atoms with E-state index in [0.717, 1.165) is 16.7 Å². The Bertz CT molecular complexity index is 875. The molecule has 0 amide bonds. The van der Waals surface area contributed by atoms with Crippen molar-refractivity contribution in [2.75, 3.05) is 0 Å². The molecule has 0 aliphatic carbocycles. The molecule has 2 aromatic carbocycles. The Kier molecular flexibility index (Phi) is 3.43. The van der Waals surface area contributed by atoms with Gasteiger partial charge in [-0.25, -0.2) is 9.78 Å². The molecular weight excluding hydrogens is 304 g/mol. The van der Waals surface area contributed by atoms with Gasteiger partial charge in [-0.2, -0.15) is 0 Å². The summed E-state index contributed by atoms with van der Waals surface area (Å²) in [6, 6.07) is 15.2. The molecule has 0 spiro atoms. The van der Waals surface area contributed by atoms with Crippen LogP contribution in [-0.2, 0) is 23.5 Å². The van der Waals surface area contributed by atoms with Crippen molar-refractivity contribution in [3.63, 3.8) is 0 Å². The van der Waals surface area contributed by atoms with Crippen molar-refractivity contribution in [1.29, 1.82) is 0 Å². The van der Waals surface area contributed by atoms with Crippen LogP contribution in [0.2, 0.25) is 0 Å². The van der Waals surface area contributed by atoms with Crippen molar-refractivity contribution in [1.82, 2.24) is 9.55 Å². The number of fused-ring (bicyclic) bond motifs is 1. The molecule has 0 saturated carbocycles. The predicted molar refractivity (Wildman–Crippen MR) is 87.6 cm³/mol. The molecule has 4 rings (SSSR count). The molecule has 2 heterocycles. The average Bonchev–Trinajstić information content (AvgIpc) is 3.24. The quantitative estimate of drug-likeness (QED) is 0.802. The maximum absolute atomic E-state index is 11.2. The number of imidazole rings is 1. The van der Waals surface area contributed by atoms with Crippen LogP contribution in [0.4, 0.5) is 0 Å². The third kappa shape index (κ3) is 2.30. The standard InChI is InChI=1S/C19H16N2O3/c22-18(23)14-6-7-17-15(10-14)11-24-19(17,12-21-9-8-20-13-21)16-4-2-1-3-5-16/h1-10,13H,11-12H2,(H,22,23). The zero-order valence-corrected chi connectivity index (χ0v) is 12.9. The van der Waals surface area contributed by atoms with E-state index in [1.54, 1.807) is 24.7 Å².